The SMILES string of the molecule is CC(=O)N[C@H](CSC(=O)c1ccc(C)cc1)C(=O)O. The molecule has 1 amide bonds. The Morgan fingerprint density at radius 2 is 1.84 bits per heavy atom. The average molecular weight is 281 g/mol. The molecular formula is C13H15NO4S. The maximum atomic E-state index is 11.8. The van der Waals surface area contributed by atoms with E-state index in [1.165, 1.54) is 6.92 Å². The maximum absolute atomic E-state index is 11.8. The van der Waals surface area contributed by atoms with Crippen LogP contribution in [0.5, 0.6) is 0 Å². The minimum atomic E-state index is -1.15. The van der Waals surface area contributed by atoms with Gasteiger partial charge in [-0.3, -0.25) is 9.59 Å². The van der Waals surface area contributed by atoms with Gasteiger partial charge in [-0.15, -0.1) is 0 Å². The summed E-state index contributed by atoms with van der Waals surface area (Å²) in [5, 5.41) is 11.0. The van der Waals surface area contributed by atoms with Crippen LogP contribution in [0.2, 0.25) is 0 Å². The van der Waals surface area contributed by atoms with Gasteiger partial charge in [-0.25, -0.2) is 4.79 Å². The Hall–Kier alpha value is -1.82. The second-order valence-corrected chi connectivity index (χ2v) is 5.05. The third-order valence-corrected chi connectivity index (χ3v) is 3.34. The number of hydrogen-bond donors (Lipinski definition) is 2. The van der Waals surface area contributed by atoms with Crippen molar-refractivity contribution in [2.45, 2.75) is 19.9 Å². The van der Waals surface area contributed by atoms with E-state index < -0.39 is 17.9 Å². The number of aliphatic carboxylic acids is 1. The van der Waals surface area contributed by atoms with Gasteiger partial charge in [0.05, 0.1) is 0 Å². The summed E-state index contributed by atoms with van der Waals surface area (Å²) in [5.74, 6) is -1.59. The predicted octanol–water partition coefficient (Wildman–Crippen LogP) is 1.46. The van der Waals surface area contributed by atoms with Crippen molar-refractivity contribution in [3.8, 4) is 0 Å². The number of nitrogens with one attached hydrogen (secondary N) is 1. The van der Waals surface area contributed by atoms with E-state index in [2.05, 4.69) is 5.32 Å². The minimum absolute atomic E-state index is 0.00161. The molecule has 102 valence electrons. The average Bonchev–Trinajstić information content (AvgIpc) is 2.34. The highest BCUT2D eigenvalue weighted by Gasteiger charge is 2.20. The Labute approximate surface area is 115 Å². The molecule has 0 aliphatic carbocycles. The van der Waals surface area contributed by atoms with E-state index in [1.807, 2.05) is 19.1 Å². The Morgan fingerprint density at radius 3 is 2.32 bits per heavy atom. The lowest BCUT2D eigenvalue weighted by atomic mass is 10.2. The second kappa shape index (κ2) is 6.94. The van der Waals surface area contributed by atoms with E-state index in [0.717, 1.165) is 17.3 Å². The second-order valence-electron chi connectivity index (χ2n) is 4.06. The number of carbonyl (C=O) groups excluding carboxylic acids is 2. The van der Waals surface area contributed by atoms with E-state index >= 15 is 0 Å². The lowest BCUT2D eigenvalue weighted by molar-refractivity contribution is -0.140. The molecule has 1 atom stereocenters. The number of benzene rings is 1. The van der Waals surface area contributed by atoms with Crippen LogP contribution in [0.1, 0.15) is 22.8 Å². The quantitative estimate of drug-likeness (QED) is 0.853. The van der Waals surface area contributed by atoms with E-state index in [0.29, 0.717) is 5.56 Å². The molecule has 1 rings (SSSR count). The fourth-order valence-corrected chi connectivity index (χ4v) is 2.20. The van der Waals surface area contributed by atoms with E-state index in [4.69, 9.17) is 5.11 Å². The summed E-state index contributed by atoms with van der Waals surface area (Å²) in [6.07, 6.45) is 0. The predicted molar refractivity (Wildman–Crippen MR) is 73.2 cm³/mol. The Kier molecular flexibility index (Phi) is 5.57. The zero-order valence-electron chi connectivity index (χ0n) is 10.7. The zero-order chi connectivity index (χ0) is 14.4. The van der Waals surface area contributed by atoms with Crippen LogP contribution >= 0.6 is 11.8 Å². The van der Waals surface area contributed by atoms with Crippen molar-refractivity contribution >= 4 is 28.8 Å². The number of carboxylic acid groups (broad SMARTS) is 1. The summed E-state index contributed by atoms with van der Waals surface area (Å²) in [5.41, 5.74) is 1.56. The van der Waals surface area contributed by atoms with Gasteiger partial charge >= 0.3 is 5.97 Å². The molecule has 0 fully saturated rings. The normalized spacial score (nSPS) is 11.7. The first-order valence-corrected chi connectivity index (χ1v) is 6.62. The number of rotatable bonds is 5. The van der Waals surface area contributed by atoms with Gasteiger partial charge in [0, 0.05) is 18.2 Å². The summed E-state index contributed by atoms with van der Waals surface area (Å²) in [7, 11) is 0. The highest BCUT2D eigenvalue weighted by atomic mass is 32.2. The molecule has 0 aliphatic heterocycles. The van der Waals surface area contributed by atoms with Crippen molar-refractivity contribution in [2.75, 3.05) is 5.75 Å². The van der Waals surface area contributed by atoms with Crippen molar-refractivity contribution < 1.29 is 19.5 Å². The van der Waals surface area contributed by atoms with Crippen molar-refractivity contribution in [2.24, 2.45) is 0 Å². The number of amides is 1. The molecule has 0 radical (unpaired) electrons. The monoisotopic (exact) mass is 281 g/mol. The van der Waals surface area contributed by atoms with E-state index in [1.54, 1.807) is 12.1 Å². The number of carbonyl (C=O) groups is 3. The number of aryl methyl sites for hydroxylation is 1. The van der Waals surface area contributed by atoms with Crippen LogP contribution < -0.4 is 5.32 Å². The standard InChI is InChI=1S/C13H15NO4S/c1-8-3-5-10(6-4-8)13(18)19-7-11(12(16)17)14-9(2)15/h3-6,11H,7H2,1-2H3,(H,14,15)(H,16,17)/t11-/m1/s1. The van der Waals surface area contributed by atoms with Crippen molar-refractivity contribution in [3.63, 3.8) is 0 Å². The van der Waals surface area contributed by atoms with Gasteiger partial charge in [-0.2, -0.15) is 0 Å². The summed E-state index contributed by atoms with van der Waals surface area (Å²) < 4.78 is 0. The molecule has 0 spiro atoms. The van der Waals surface area contributed by atoms with Crippen LogP contribution in [-0.4, -0.2) is 33.9 Å². The maximum Gasteiger partial charge on any atom is 0.327 e. The van der Waals surface area contributed by atoms with Crippen molar-refractivity contribution in [1.82, 2.24) is 5.32 Å². The molecule has 0 saturated carbocycles. The molecule has 0 aromatic heterocycles. The van der Waals surface area contributed by atoms with Crippen LogP contribution in [0.25, 0.3) is 0 Å². The largest absolute Gasteiger partial charge is 0.480 e. The highest BCUT2D eigenvalue weighted by molar-refractivity contribution is 8.14. The Morgan fingerprint density at radius 1 is 1.26 bits per heavy atom. The summed E-state index contributed by atoms with van der Waals surface area (Å²) >= 11 is 0.879. The van der Waals surface area contributed by atoms with E-state index in [-0.39, 0.29) is 10.9 Å². The van der Waals surface area contributed by atoms with Crippen molar-refractivity contribution in [1.29, 1.82) is 0 Å². The number of hydrogen-bond acceptors (Lipinski definition) is 4. The summed E-state index contributed by atoms with van der Waals surface area (Å²) in [6, 6.07) is 5.96. The third kappa shape index (κ3) is 5.13. The van der Waals surface area contributed by atoms with Crippen LogP contribution in [-0.2, 0) is 9.59 Å². The fourth-order valence-electron chi connectivity index (χ4n) is 1.35. The fraction of sp³-hybridized carbons (Fsp3) is 0.308. The molecule has 2 N–H and O–H groups in total. The Bertz CT molecular complexity index is 484. The van der Waals surface area contributed by atoms with Gasteiger partial charge in [0.25, 0.3) is 0 Å². The Balaban J connectivity index is 2.59. The molecular weight excluding hydrogens is 266 g/mol. The first-order chi connectivity index (χ1) is 8.90. The number of thioether (sulfide) groups is 1. The van der Waals surface area contributed by atoms with Crippen LogP contribution in [0, 0.1) is 6.92 Å². The molecule has 5 nitrogen and oxygen atoms in total. The van der Waals surface area contributed by atoms with Gasteiger partial charge in [-0.05, 0) is 6.92 Å². The lowest BCUT2D eigenvalue weighted by Gasteiger charge is -2.12. The molecule has 0 unspecified atom stereocenters. The topological polar surface area (TPSA) is 83.5 Å². The minimum Gasteiger partial charge on any atom is -0.480 e. The first-order valence-electron chi connectivity index (χ1n) is 5.64. The molecule has 0 aliphatic rings. The van der Waals surface area contributed by atoms with Gasteiger partial charge < -0.3 is 10.4 Å². The molecule has 0 bridgehead atoms. The first kappa shape index (κ1) is 15.2. The molecule has 0 saturated heterocycles. The van der Waals surface area contributed by atoms with Gasteiger partial charge in [0.1, 0.15) is 6.04 Å². The van der Waals surface area contributed by atoms with Gasteiger partial charge in [0.15, 0.2) is 0 Å². The molecule has 6 heteroatoms. The van der Waals surface area contributed by atoms with Gasteiger partial charge in [-0.1, -0.05) is 41.6 Å². The molecule has 1 aromatic carbocycles. The highest BCUT2D eigenvalue weighted by Crippen LogP contribution is 2.14. The van der Waals surface area contributed by atoms with Crippen molar-refractivity contribution in [3.05, 3.63) is 35.4 Å². The zero-order valence-corrected chi connectivity index (χ0v) is 11.5. The van der Waals surface area contributed by atoms with E-state index in [9.17, 15) is 14.4 Å². The lowest BCUT2D eigenvalue weighted by Crippen LogP contribution is -2.41. The molecule has 19 heavy (non-hydrogen) atoms. The van der Waals surface area contributed by atoms with Crippen LogP contribution in [0.4, 0.5) is 0 Å². The number of carboxylic acids is 1. The smallest absolute Gasteiger partial charge is 0.327 e. The third-order valence-electron chi connectivity index (χ3n) is 2.34. The molecule has 1 aromatic rings. The molecule has 0 heterocycles. The van der Waals surface area contributed by atoms with Crippen LogP contribution in [0.3, 0.4) is 0 Å². The summed E-state index contributed by atoms with van der Waals surface area (Å²) in [4.78, 5) is 33.6. The van der Waals surface area contributed by atoms with Crippen LogP contribution in [0.15, 0.2) is 24.3 Å². The summed E-state index contributed by atoms with van der Waals surface area (Å²) in [6.45, 7) is 3.15. The van der Waals surface area contributed by atoms with Gasteiger partial charge in [0.2, 0.25) is 11.0 Å².